The Labute approximate surface area is 130 Å². The predicted molar refractivity (Wildman–Crippen MR) is 85.6 cm³/mol. The van der Waals surface area contributed by atoms with Crippen molar-refractivity contribution in [2.75, 3.05) is 19.5 Å². The van der Waals surface area contributed by atoms with E-state index in [0.717, 1.165) is 21.5 Å². The van der Waals surface area contributed by atoms with Crippen LogP contribution in [0.1, 0.15) is 12.6 Å². The van der Waals surface area contributed by atoms with Crippen LogP contribution in [0.3, 0.4) is 0 Å². The number of ether oxygens (including phenoxy) is 1. The molecule has 0 saturated carbocycles. The van der Waals surface area contributed by atoms with Crippen molar-refractivity contribution in [3.05, 3.63) is 33.3 Å². The third-order valence-electron chi connectivity index (χ3n) is 2.90. The van der Waals surface area contributed by atoms with Crippen molar-refractivity contribution < 1.29 is 9.13 Å². The number of rotatable bonds is 4. The van der Waals surface area contributed by atoms with Gasteiger partial charge in [-0.2, -0.15) is 0 Å². The van der Waals surface area contributed by atoms with E-state index in [1.54, 1.807) is 12.1 Å². The Balaban J connectivity index is 2.54. The number of hydrogen-bond acceptors (Lipinski definition) is 4. The van der Waals surface area contributed by atoms with Gasteiger partial charge in [-0.1, -0.05) is 6.92 Å². The average molecular weight is 387 g/mol. The highest BCUT2D eigenvalue weighted by atomic mass is 127. The van der Waals surface area contributed by atoms with Crippen LogP contribution in [-0.4, -0.2) is 24.1 Å². The van der Waals surface area contributed by atoms with Crippen molar-refractivity contribution in [1.29, 1.82) is 0 Å². The summed E-state index contributed by atoms with van der Waals surface area (Å²) in [6.45, 7) is 2.03. The summed E-state index contributed by atoms with van der Waals surface area (Å²) in [5, 5.41) is 3.04. The smallest absolute Gasteiger partial charge is 0.165 e. The van der Waals surface area contributed by atoms with Crippen LogP contribution in [0, 0.1) is 9.39 Å². The van der Waals surface area contributed by atoms with Crippen LogP contribution in [0.25, 0.3) is 11.4 Å². The minimum Gasteiger partial charge on any atom is -0.494 e. The zero-order valence-corrected chi connectivity index (χ0v) is 13.7. The molecule has 2 rings (SSSR count). The molecule has 2 aromatic rings. The number of halogens is 2. The number of aromatic nitrogens is 2. The van der Waals surface area contributed by atoms with Crippen LogP contribution in [0.4, 0.5) is 10.2 Å². The Bertz CT molecular complexity index is 609. The standard InChI is InChI=1S/C14H15FIN3O/c1-4-10-12(16)14(17-2)19-13(18-10)8-5-6-11(20-3)9(15)7-8/h5-7H,4H2,1-3H3,(H,17,18,19). The van der Waals surface area contributed by atoms with Gasteiger partial charge in [0.25, 0.3) is 0 Å². The van der Waals surface area contributed by atoms with Gasteiger partial charge in [0.05, 0.1) is 16.4 Å². The topological polar surface area (TPSA) is 47.0 Å². The molecule has 1 heterocycles. The van der Waals surface area contributed by atoms with E-state index in [-0.39, 0.29) is 5.75 Å². The monoisotopic (exact) mass is 387 g/mol. The lowest BCUT2D eigenvalue weighted by atomic mass is 10.2. The van der Waals surface area contributed by atoms with Crippen molar-refractivity contribution in [2.24, 2.45) is 0 Å². The van der Waals surface area contributed by atoms with Crippen LogP contribution in [0.2, 0.25) is 0 Å². The van der Waals surface area contributed by atoms with Gasteiger partial charge >= 0.3 is 0 Å². The summed E-state index contributed by atoms with van der Waals surface area (Å²) in [6, 6.07) is 4.72. The first kappa shape index (κ1) is 15.0. The third kappa shape index (κ3) is 2.84. The molecule has 1 N–H and O–H groups in total. The maximum atomic E-state index is 13.8. The molecule has 106 valence electrons. The summed E-state index contributed by atoms with van der Waals surface area (Å²) in [6.07, 6.45) is 0.793. The van der Waals surface area contributed by atoms with Crippen molar-refractivity contribution in [1.82, 2.24) is 9.97 Å². The molecule has 0 fully saturated rings. The highest BCUT2D eigenvalue weighted by molar-refractivity contribution is 14.1. The lowest BCUT2D eigenvalue weighted by Crippen LogP contribution is -2.05. The van der Waals surface area contributed by atoms with Gasteiger partial charge in [-0.05, 0) is 47.2 Å². The molecule has 20 heavy (non-hydrogen) atoms. The molecular formula is C14H15FIN3O. The molecule has 0 aliphatic carbocycles. The van der Waals surface area contributed by atoms with E-state index in [4.69, 9.17) is 4.74 Å². The van der Waals surface area contributed by atoms with Gasteiger partial charge in [0.2, 0.25) is 0 Å². The molecule has 0 aliphatic rings. The molecule has 0 radical (unpaired) electrons. The molecule has 0 atom stereocenters. The first-order valence-corrected chi connectivity index (χ1v) is 7.26. The van der Waals surface area contributed by atoms with Crippen LogP contribution in [-0.2, 0) is 6.42 Å². The normalized spacial score (nSPS) is 10.4. The number of aryl methyl sites for hydroxylation is 1. The summed E-state index contributed by atoms with van der Waals surface area (Å²) >= 11 is 2.21. The summed E-state index contributed by atoms with van der Waals surface area (Å²) in [7, 11) is 3.25. The fourth-order valence-electron chi connectivity index (χ4n) is 1.83. The average Bonchev–Trinajstić information content (AvgIpc) is 2.47. The van der Waals surface area contributed by atoms with Gasteiger partial charge in [-0.25, -0.2) is 14.4 Å². The number of hydrogen-bond donors (Lipinski definition) is 1. The molecule has 0 aliphatic heterocycles. The van der Waals surface area contributed by atoms with Gasteiger partial charge in [-0.15, -0.1) is 0 Å². The zero-order valence-electron chi connectivity index (χ0n) is 11.5. The largest absolute Gasteiger partial charge is 0.494 e. The zero-order chi connectivity index (χ0) is 14.7. The van der Waals surface area contributed by atoms with Gasteiger partial charge in [-0.3, -0.25) is 0 Å². The number of nitrogens with zero attached hydrogens (tertiary/aromatic N) is 2. The van der Waals surface area contributed by atoms with Crippen LogP contribution < -0.4 is 10.1 Å². The highest BCUT2D eigenvalue weighted by Gasteiger charge is 2.13. The second kappa shape index (κ2) is 6.34. The summed E-state index contributed by atoms with van der Waals surface area (Å²) < 4.78 is 19.7. The second-order valence-corrected chi connectivity index (χ2v) is 5.19. The van der Waals surface area contributed by atoms with E-state index in [0.29, 0.717) is 11.4 Å². The maximum absolute atomic E-state index is 13.8. The first-order valence-electron chi connectivity index (χ1n) is 6.18. The van der Waals surface area contributed by atoms with Crippen molar-refractivity contribution in [2.45, 2.75) is 13.3 Å². The number of benzene rings is 1. The fraction of sp³-hybridized carbons (Fsp3) is 0.286. The van der Waals surface area contributed by atoms with E-state index in [9.17, 15) is 4.39 Å². The van der Waals surface area contributed by atoms with Gasteiger partial charge < -0.3 is 10.1 Å². The fourth-order valence-corrected chi connectivity index (χ4v) is 2.72. The molecule has 1 aromatic heterocycles. The van der Waals surface area contributed by atoms with E-state index >= 15 is 0 Å². The van der Waals surface area contributed by atoms with E-state index in [2.05, 4.69) is 37.9 Å². The van der Waals surface area contributed by atoms with Gasteiger partial charge in [0.1, 0.15) is 5.82 Å². The number of anilines is 1. The minimum atomic E-state index is -0.420. The van der Waals surface area contributed by atoms with E-state index in [1.165, 1.54) is 13.2 Å². The summed E-state index contributed by atoms with van der Waals surface area (Å²) in [5.74, 6) is 1.05. The molecule has 0 saturated heterocycles. The molecule has 1 aromatic carbocycles. The Morgan fingerprint density at radius 3 is 2.65 bits per heavy atom. The van der Waals surface area contributed by atoms with E-state index in [1.807, 2.05) is 14.0 Å². The van der Waals surface area contributed by atoms with Crippen molar-refractivity contribution in [3.8, 4) is 17.1 Å². The van der Waals surface area contributed by atoms with Crippen molar-refractivity contribution in [3.63, 3.8) is 0 Å². The quantitative estimate of drug-likeness (QED) is 0.816. The second-order valence-electron chi connectivity index (χ2n) is 4.11. The molecule has 0 unspecified atom stereocenters. The Kier molecular flexibility index (Phi) is 4.74. The van der Waals surface area contributed by atoms with Gasteiger partial charge in [0, 0.05) is 12.6 Å². The Morgan fingerprint density at radius 2 is 2.10 bits per heavy atom. The lowest BCUT2D eigenvalue weighted by molar-refractivity contribution is 0.386. The number of methoxy groups -OCH3 is 1. The Morgan fingerprint density at radius 1 is 1.35 bits per heavy atom. The SMILES string of the molecule is CCc1nc(-c2ccc(OC)c(F)c2)nc(NC)c1I. The number of nitrogens with one attached hydrogen (secondary N) is 1. The Hall–Kier alpha value is -1.44. The van der Waals surface area contributed by atoms with Crippen LogP contribution >= 0.6 is 22.6 Å². The molecule has 4 nitrogen and oxygen atoms in total. The van der Waals surface area contributed by atoms with Crippen molar-refractivity contribution >= 4 is 28.4 Å². The minimum absolute atomic E-state index is 0.212. The molecule has 0 amide bonds. The predicted octanol–water partition coefficient (Wildman–Crippen LogP) is 3.50. The van der Waals surface area contributed by atoms with Gasteiger partial charge in [0.15, 0.2) is 17.4 Å². The first-order chi connectivity index (χ1) is 9.60. The highest BCUT2D eigenvalue weighted by Crippen LogP contribution is 2.27. The van der Waals surface area contributed by atoms with Crippen LogP contribution in [0.5, 0.6) is 5.75 Å². The molecule has 0 bridgehead atoms. The third-order valence-corrected chi connectivity index (χ3v) is 4.04. The van der Waals surface area contributed by atoms with Crippen LogP contribution in [0.15, 0.2) is 18.2 Å². The molecular weight excluding hydrogens is 372 g/mol. The maximum Gasteiger partial charge on any atom is 0.165 e. The summed E-state index contributed by atoms with van der Waals surface area (Å²) in [4.78, 5) is 8.93. The molecule has 0 spiro atoms. The molecule has 6 heteroatoms. The summed E-state index contributed by atoms with van der Waals surface area (Å²) in [5.41, 5.74) is 1.57. The van der Waals surface area contributed by atoms with E-state index < -0.39 is 5.82 Å². The lowest BCUT2D eigenvalue weighted by Gasteiger charge is -2.10.